The number of carbonyl (C=O) groups excluding carboxylic acids is 1. The number of nitrogens with zero attached hydrogens (tertiary/aromatic N) is 3. The van der Waals surface area contributed by atoms with Crippen molar-refractivity contribution in [2.24, 2.45) is 17.0 Å². The van der Waals surface area contributed by atoms with Crippen molar-refractivity contribution in [3.63, 3.8) is 0 Å². The van der Waals surface area contributed by atoms with Crippen LogP contribution in [0.15, 0.2) is 29.4 Å². The Balaban J connectivity index is 1.39. The first-order valence-electron chi connectivity index (χ1n) is 9.37. The minimum atomic E-state index is -3.17. The van der Waals surface area contributed by atoms with E-state index in [1.54, 1.807) is 0 Å². The molecule has 2 saturated heterocycles. The third-order valence-corrected chi connectivity index (χ3v) is 7.14. The highest BCUT2D eigenvalue weighted by molar-refractivity contribution is 7.88. The van der Waals surface area contributed by atoms with Crippen LogP contribution < -0.4 is 0 Å². The molecular weight excluding hydrogens is 366 g/mol. The van der Waals surface area contributed by atoms with Crippen molar-refractivity contribution >= 4 is 21.6 Å². The van der Waals surface area contributed by atoms with Crippen LogP contribution in [0.25, 0.3) is 0 Å². The Bertz CT molecular complexity index is 857. The van der Waals surface area contributed by atoms with Crippen LogP contribution in [0.5, 0.6) is 0 Å². The summed E-state index contributed by atoms with van der Waals surface area (Å²) in [6.07, 6.45) is 2.30. The van der Waals surface area contributed by atoms with Gasteiger partial charge in [-0.2, -0.15) is 0 Å². The van der Waals surface area contributed by atoms with Crippen LogP contribution in [0.4, 0.5) is 0 Å². The maximum Gasteiger partial charge on any atom is 0.225 e. The molecule has 1 amide bonds. The molecule has 0 bridgehead atoms. The molecule has 3 heterocycles. The first-order chi connectivity index (χ1) is 12.8. The molecule has 7 nitrogen and oxygen atoms in total. The molecular formula is C19H25N3O4S. The van der Waals surface area contributed by atoms with E-state index in [9.17, 15) is 13.2 Å². The zero-order valence-electron chi connectivity index (χ0n) is 15.7. The second-order valence-corrected chi connectivity index (χ2v) is 9.75. The molecule has 0 saturated carbocycles. The third kappa shape index (κ3) is 3.60. The van der Waals surface area contributed by atoms with Crippen molar-refractivity contribution in [2.75, 3.05) is 32.4 Å². The molecule has 0 radical (unpaired) electrons. The molecule has 8 heteroatoms. The fourth-order valence-corrected chi connectivity index (χ4v) is 5.07. The van der Waals surface area contributed by atoms with E-state index in [1.165, 1.54) is 16.1 Å². The standard InChI is InChI=1S/C19H25N3O4S/c1-13-3-5-14(6-4-13)18-16-11-21(12-17(16)26-20-18)19(23)15-7-9-22(10-8-15)27(2,24)25/h3-6,15-17H,7-12H2,1-2H3/t16-,17+/m1/s1. The number of aryl methyl sites for hydroxylation is 1. The lowest BCUT2D eigenvalue weighted by Crippen LogP contribution is -2.44. The first-order valence-corrected chi connectivity index (χ1v) is 11.2. The van der Waals surface area contributed by atoms with E-state index in [1.807, 2.05) is 24.0 Å². The minimum absolute atomic E-state index is 0.0821. The van der Waals surface area contributed by atoms with Crippen molar-refractivity contribution in [2.45, 2.75) is 25.9 Å². The van der Waals surface area contributed by atoms with E-state index < -0.39 is 10.0 Å². The van der Waals surface area contributed by atoms with Gasteiger partial charge in [-0.05, 0) is 25.3 Å². The van der Waals surface area contributed by atoms with Gasteiger partial charge in [0.1, 0.15) is 0 Å². The molecule has 2 atom stereocenters. The summed E-state index contributed by atoms with van der Waals surface area (Å²) in [5, 5.41) is 4.27. The Morgan fingerprint density at radius 2 is 1.81 bits per heavy atom. The molecule has 3 aliphatic heterocycles. The number of carbonyl (C=O) groups is 1. The van der Waals surface area contributed by atoms with Gasteiger partial charge in [-0.3, -0.25) is 4.79 Å². The lowest BCUT2D eigenvalue weighted by molar-refractivity contribution is -0.136. The summed E-state index contributed by atoms with van der Waals surface area (Å²) in [5.74, 6) is 0.110. The predicted octanol–water partition coefficient (Wildman–Crippen LogP) is 1.23. The number of hydrogen-bond donors (Lipinski definition) is 0. The van der Waals surface area contributed by atoms with E-state index in [0.717, 1.165) is 11.3 Å². The van der Waals surface area contributed by atoms with Crippen LogP contribution >= 0.6 is 0 Å². The Kier molecular flexibility index (Phi) is 4.71. The SMILES string of the molecule is Cc1ccc(C2=NO[C@H]3CN(C(=O)C4CCN(S(C)(=O)=O)CC4)C[C@@H]23)cc1. The number of rotatable bonds is 3. The summed E-state index contributed by atoms with van der Waals surface area (Å²) in [6, 6.07) is 8.20. The van der Waals surface area contributed by atoms with E-state index in [0.29, 0.717) is 39.0 Å². The molecule has 0 unspecified atom stereocenters. The van der Waals surface area contributed by atoms with Gasteiger partial charge < -0.3 is 9.74 Å². The summed E-state index contributed by atoms with van der Waals surface area (Å²) < 4.78 is 24.7. The molecule has 1 aromatic rings. The summed E-state index contributed by atoms with van der Waals surface area (Å²) in [7, 11) is -3.17. The van der Waals surface area contributed by atoms with Crippen molar-refractivity contribution < 1.29 is 18.0 Å². The highest BCUT2D eigenvalue weighted by Crippen LogP contribution is 2.32. The van der Waals surface area contributed by atoms with Crippen molar-refractivity contribution in [3.8, 4) is 0 Å². The van der Waals surface area contributed by atoms with Gasteiger partial charge in [0.25, 0.3) is 0 Å². The number of piperidine rings is 1. The highest BCUT2D eigenvalue weighted by atomic mass is 32.2. The van der Waals surface area contributed by atoms with Gasteiger partial charge in [0.05, 0.1) is 24.4 Å². The van der Waals surface area contributed by atoms with E-state index in [-0.39, 0.29) is 23.8 Å². The lowest BCUT2D eigenvalue weighted by Gasteiger charge is -2.31. The highest BCUT2D eigenvalue weighted by Gasteiger charge is 2.45. The molecule has 146 valence electrons. The molecule has 0 aromatic heterocycles. The fourth-order valence-electron chi connectivity index (χ4n) is 4.20. The van der Waals surface area contributed by atoms with Crippen molar-refractivity contribution in [1.82, 2.24) is 9.21 Å². The van der Waals surface area contributed by atoms with E-state index in [4.69, 9.17) is 4.84 Å². The van der Waals surface area contributed by atoms with Crippen molar-refractivity contribution in [3.05, 3.63) is 35.4 Å². The quantitative estimate of drug-likeness (QED) is 0.776. The summed E-state index contributed by atoms with van der Waals surface area (Å²) >= 11 is 0. The third-order valence-electron chi connectivity index (χ3n) is 5.84. The fraction of sp³-hybridized carbons (Fsp3) is 0.579. The van der Waals surface area contributed by atoms with Gasteiger partial charge in [0.2, 0.25) is 15.9 Å². The lowest BCUT2D eigenvalue weighted by atomic mass is 9.94. The average Bonchev–Trinajstić information content (AvgIpc) is 3.22. The molecule has 2 fully saturated rings. The van der Waals surface area contributed by atoms with Gasteiger partial charge in [-0.25, -0.2) is 12.7 Å². The van der Waals surface area contributed by atoms with Gasteiger partial charge in [0.15, 0.2) is 6.10 Å². The van der Waals surface area contributed by atoms with Gasteiger partial charge in [-0.15, -0.1) is 0 Å². The molecule has 1 aromatic carbocycles. The molecule has 27 heavy (non-hydrogen) atoms. The second-order valence-electron chi connectivity index (χ2n) is 7.77. The number of sulfonamides is 1. The largest absolute Gasteiger partial charge is 0.390 e. The second kappa shape index (κ2) is 6.91. The normalized spacial score (nSPS) is 26.6. The van der Waals surface area contributed by atoms with E-state index >= 15 is 0 Å². The van der Waals surface area contributed by atoms with Gasteiger partial charge in [-0.1, -0.05) is 35.0 Å². The summed E-state index contributed by atoms with van der Waals surface area (Å²) in [5.41, 5.74) is 3.16. The van der Waals surface area contributed by atoms with Crippen LogP contribution in [0.1, 0.15) is 24.0 Å². The van der Waals surface area contributed by atoms with Crippen LogP contribution in [-0.2, 0) is 19.7 Å². The molecule has 0 aliphatic carbocycles. The Morgan fingerprint density at radius 1 is 1.15 bits per heavy atom. The number of hydrogen-bond acceptors (Lipinski definition) is 5. The van der Waals surface area contributed by atoms with E-state index in [2.05, 4.69) is 17.3 Å². The van der Waals surface area contributed by atoms with Crippen LogP contribution in [-0.4, -0.2) is 67.8 Å². The molecule has 0 N–H and O–H groups in total. The smallest absolute Gasteiger partial charge is 0.225 e. The minimum Gasteiger partial charge on any atom is -0.390 e. The Labute approximate surface area is 160 Å². The molecule has 3 aliphatic rings. The monoisotopic (exact) mass is 391 g/mol. The number of benzene rings is 1. The van der Waals surface area contributed by atoms with Crippen LogP contribution in [0, 0.1) is 18.8 Å². The number of fused-ring (bicyclic) bond motifs is 1. The van der Waals surface area contributed by atoms with Crippen LogP contribution in [0.2, 0.25) is 0 Å². The topological polar surface area (TPSA) is 79.3 Å². The molecule has 0 spiro atoms. The first kappa shape index (κ1) is 18.4. The summed E-state index contributed by atoms with van der Waals surface area (Å²) in [4.78, 5) is 20.4. The van der Waals surface area contributed by atoms with Gasteiger partial charge in [0, 0.05) is 25.6 Å². The number of oxime groups is 1. The number of likely N-dealkylation sites (tertiary alicyclic amines) is 1. The average molecular weight is 391 g/mol. The summed E-state index contributed by atoms with van der Waals surface area (Å²) in [6.45, 7) is 4.05. The zero-order valence-corrected chi connectivity index (χ0v) is 16.5. The Morgan fingerprint density at radius 3 is 2.44 bits per heavy atom. The maximum absolute atomic E-state index is 12.9. The maximum atomic E-state index is 12.9. The van der Waals surface area contributed by atoms with Crippen LogP contribution in [0.3, 0.4) is 0 Å². The Hall–Kier alpha value is -1.93. The van der Waals surface area contributed by atoms with Gasteiger partial charge >= 0.3 is 0 Å². The predicted molar refractivity (Wildman–Crippen MR) is 102 cm³/mol. The molecule has 4 rings (SSSR count). The van der Waals surface area contributed by atoms with Crippen molar-refractivity contribution in [1.29, 1.82) is 0 Å². The number of amides is 1. The zero-order chi connectivity index (χ0) is 19.2.